The quantitative estimate of drug-likeness (QED) is 0.165. The number of fused-ring (bicyclic) bond motifs is 3. The van der Waals surface area contributed by atoms with Crippen molar-refractivity contribution in [3.05, 3.63) is 52.3 Å². The van der Waals surface area contributed by atoms with Crippen molar-refractivity contribution < 1.29 is 32.2 Å². The molecule has 2 aromatic heterocycles. The van der Waals surface area contributed by atoms with Crippen LogP contribution < -0.4 is 20.7 Å². The number of carbonyl (C=O) groups excluding carboxylic acids is 2. The van der Waals surface area contributed by atoms with Crippen LogP contribution in [0.5, 0.6) is 6.01 Å². The first-order valence-corrected chi connectivity index (χ1v) is 18.0. The van der Waals surface area contributed by atoms with Gasteiger partial charge in [0, 0.05) is 48.3 Å². The molecule has 272 valence electrons. The van der Waals surface area contributed by atoms with E-state index in [0.29, 0.717) is 44.4 Å². The monoisotopic (exact) mass is 753 g/mol. The molecule has 0 bridgehead atoms. The van der Waals surface area contributed by atoms with Crippen LogP contribution in [0.2, 0.25) is 5.02 Å². The summed E-state index contributed by atoms with van der Waals surface area (Å²) < 4.78 is 57.4. The molecule has 0 aliphatic carbocycles. The van der Waals surface area contributed by atoms with E-state index in [4.69, 9.17) is 21.1 Å². The highest BCUT2D eigenvalue weighted by molar-refractivity contribution is 7.23. The normalized spacial score (nSPS) is 21.1. The number of aromatic nitrogens is 2. The summed E-state index contributed by atoms with van der Waals surface area (Å²) in [6.45, 7) is 7.27. The zero-order valence-electron chi connectivity index (χ0n) is 28.6. The largest absolute Gasteiger partial charge is 0.461 e. The molecule has 5 heterocycles. The van der Waals surface area contributed by atoms with Gasteiger partial charge in [-0.25, -0.2) is 18.0 Å². The van der Waals surface area contributed by atoms with E-state index >= 15 is 8.78 Å². The van der Waals surface area contributed by atoms with E-state index in [1.807, 2.05) is 6.07 Å². The van der Waals surface area contributed by atoms with E-state index < -0.39 is 28.9 Å². The molecule has 16 heteroatoms. The van der Waals surface area contributed by atoms with Gasteiger partial charge in [-0.3, -0.25) is 15.0 Å². The number of nitrogens with zero attached hydrogens (tertiary/aromatic N) is 4. The van der Waals surface area contributed by atoms with Crippen LogP contribution in [0.1, 0.15) is 52.0 Å². The predicted octanol–water partition coefficient (Wildman–Crippen LogP) is 7.68. The van der Waals surface area contributed by atoms with Crippen molar-refractivity contribution in [3.63, 3.8) is 0 Å². The van der Waals surface area contributed by atoms with Crippen LogP contribution in [-0.2, 0) is 9.53 Å². The van der Waals surface area contributed by atoms with Crippen molar-refractivity contribution in [2.24, 2.45) is 5.92 Å². The maximum atomic E-state index is 17.1. The van der Waals surface area contributed by atoms with Gasteiger partial charge in [-0.05, 0) is 69.8 Å². The molecule has 0 saturated carbocycles. The summed E-state index contributed by atoms with van der Waals surface area (Å²) >= 11 is 7.64. The number of hydrogen-bond acceptors (Lipinski definition) is 10. The summed E-state index contributed by atoms with van der Waals surface area (Å²) in [5.41, 5.74) is -0.889. The molecule has 4 aromatic rings. The van der Waals surface area contributed by atoms with Crippen molar-refractivity contribution in [2.75, 3.05) is 43.4 Å². The summed E-state index contributed by atoms with van der Waals surface area (Å²) in [5.74, 6) is -1.44. The average molecular weight is 754 g/mol. The summed E-state index contributed by atoms with van der Waals surface area (Å²) in [7, 11) is 0. The number of hydrogen-bond donors (Lipinski definition) is 3. The van der Waals surface area contributed by atoms with Gasteiger partial charge in [-0.1, -0.05) is 17.7 Å². The Labute approximate surface area is 306 Å². The van der Waals surface area contributed by atoms with Gasteiger partial charge in [0.2, 0.25) is 5.91 Å². The van der Waals surface area contributed by atoms with Gasteiger partial charge in [-0.15, -0.1) is 11.3 Å². The van der Waals surface area contributed by atoms with Crippen molar-refractivity contribution in [3.8, 4) is 23.2 Å². The Morgan fingerprint density at radius 1 is 1.31 bits per heavy atom. The highest BCUT2D eigenvalue weighted by atomic mass is 35.5. The number of rotatable bonds is 8. The van der Waals surface area contributed by atoms with Crippen LogP contribution in [-0.4, -0.2) is 70.8 Å². The van der Waals surface area contributed by atoms with Crippen LogP contribution in [0.3, 0.4) is 0 Å². The van der Waals surface area contributed by atoms with E-state index in [0.717, 1.165) is 36.8 Å². The molecular formula is C36H35ClF3N7O4S. The second kappa shape index (κ2) is 13.7. The molecule has 52 heavy (non-hydrogen) atoms. The molecule has 2 atom stereocenters. The summed E-state index contributed by atoms with van der Waals surface area (Å²) in [6, 6.07) is 5.85. The Balaban J connectivity index is 1.32. The Morgan fingerprint density at radius 2 is 2.12 bits per heavy atom. The van der Waals surface area contributed by atoms with E-state index in [9.17, 15) is 19.2 Å². The molecule has 3 fully saturated rings. The molecular weight excluding hydrogens is 719 g/mol. The first-order valence-electron chi connectivity index (χ1n) is 16.8. The van der Waals surface area contributed by atoms with Crippen molar-refractivity contribution in [2.45, 2.75) is 57.6 Å². The third-order valence-electron chi connectivity index (χ3n) is 9.58. The topological polar surface area (TPSA) is 142 Å². The second-order valence-electron chi connectivity index (χ2n) is 14.4. The standard InChI is InChI=1S/C36H35ClF3N7O4S/c1-35(2,3)51-34(49)46-32-22(13-41)26-20(5-6-24(39)30(26)52-32)27-23(37)10-21-29(28(27)40)44-33(45-31(21)43-15-18-9-25(48)42-14-18)50-17-36-7-4-8-47(36)16-19(11-36)12-38/h5-6,10,12,18H,4,7-9,11,14-17H2,1-3H3,(H,42,48)(H,46,49)(H,43,44,45)/b19-12-. The van der Waals surface area contributed by atoms with Gasteiger partial charge >= 0.3 is 12.1 Å². The fourth-order valence-corrected chi connectivity index (χ4v) is 8.66. The molecule has 2 aromatic carbocycles. The first kappa shape index (κ1) is 35.7. The summed E-state index contributed by atoms with van der Waals surface area (Å²) in [6.07, 6.45) is 2.32. The molecule has 3 saturated heterocycles. The SMILES string of the molecule is CC(C)(C)OC(=O)Nc1sc2c(F)ccc(-c3c(Cl)cc4c(NCC5CNC(=O)C5)nc(OCC56CCCN5C/C(=C\F)C6)nc4c3F)c2c1C#N. The molecule has 2 amide bonds. The van der Waals surface area contributed by atoms with E-state index in [1.165, 1.54) is 12.1 Å². The van der Waals surface area contributed by atoms with Crippen molar-refractivity contribution in [1.29, 1.82) is 5.26 Å². The Hall–Kier alpha value is -4.65. The lowest BCUT2D eigenvalue weighted by atomic mass is 9.94. The first-order chi connectivity index (χ1) is 24.8. The van der Waals surface area contributed by atoms with Crippen LogP contribution in [0, 0.1) is 28.9 Å². The lowest BCUT2D eigenvalue weighted by Crippen LogP contribution is -2.43. The highest BCUT2D eigenvalue weighted by Crippen LogP contribution is 2.47. The molecule has 3 aliphatic rings. The minimum absolute atomic E-state index is 0.00286. The number of anilines is 2. The maximum Gasteiger partial charge on any atom is 0.412 e. The third-order valence-corrected chi connectivity index (χ3v) is 11.0. The van der Waals surface area contributed by atoms with E-state index in [1.54, 1.807) is 20.8 Å². The minimum Gasteiger partial charge on any atom is -0.461 e. The maximum absolute atomic E-state index is 17.1. The second-order valence-corrected chi connectivity index (χ2v) is 15.8. The molecule has 3 aliphatic heterocycles. The zero-order chi connectivity index (χ0) is 36.9. The molecule has 7 rings (SSSR count). The van der Waals surface area contributed by atoms with Gasteiger partial charge in [-0.2, -0.15) is 15.2 Å². The molecule has 2 unspecified atom stereocenters. The fraction of sp³-hybridized carbons (Fsp3) is 0.417. The van der Waals surface area contributed by atoms with Crippen LogP contribution in [0.4, 0.5) is 28.8 Å². The number of thiophene rings is 1. The number of nitriles is 1. The highest BCUT2D eigenvalue weighted by Gasteiger charge is 2.47. The van der Waals surface area contributed by atoms with Gasteiger partial charge in [0.05, 0.1) is 27.2 Å². The molecule has 0 spiro atoms. The predicted molar refractivity (Wildman–Crippen MR) is 192 cm³/mol. The average Bonchev–Trinajstić information content (AvgIpc) is 3.85. The molecule has 0 radical (unpaired) electrons. The third kappa shape index (κ3) is 6.70. The fourth-order valence-electron chi connectivity index (χ4n) is 7.29. The summed E-state index contributed by atoms with van der Waals surface area (Å²) in [4.78, 5) is 35.8. The van der Waals surface area contributed by atoms with Crippen LogP contribution >= 0.6 is 22.9 Å². The van der Waals surface area contributed by atoms with E-state index in [2.05, 4.69) is 30.8 Å². The lowest BCUT2D eigenvalue weighted by molar-refractivity contribution is -0.119. The summed E-state index contributed by atoms with van der Waals surface area (Å²) in [5, 5.41) is 19.0. The zero-order valence-corrected chi connectivity index (χ0v) is 30.2. The number of halogens is 4. The Morgan fingerprint density at radius 3 is 2.83 bits per heavy atom. The number of nitrogens with one attached hydrogen (secondary N) is 3. The van der Waals surface area contributed by atoms with Gasteiger partial charge < -0.3 is 20.1 Å². The number of amides is 2. The van der Waals surface area contributed by atoms with Gasteiger partial charge in [0.1, 0.15) is 40.4 Å². The van der Waals surface area contributed by atoms with Crippen molar-refractivity contribution in [1.82, 2.24) is 20.2 Å². The lowest BCUT2D eigenvalue weighted by Gasteiger charge is -2.30. The van der Waals surface area contributed by atoms with E-state index in [-0.39, 0.29) is 78.0 Å². The Bertz CT molecular complexity index is 2200. The molecule has 11 nitrogen and oxygen atoms in total. The number of benzene rings is 2. The van der Waals surface area contributed by atoms with Gasteiger partial charge in [0.15, 0.2) is 5.82 Å². The van der Waals surface area contributed by atoms with Crippen molar-refractivity contribution >= 4 is 66.7 Å². The smallest absolute Gasteiger partial charge is 0.412 e. The molecule has 3 N–H and O–H groups in total. The van der Waals surface area contributed by atoms with Crippen LogP contribution in [0.15, 0.2) is 30.1 Å². The number of ether oxygens (including phenoxy) is 2. The Kier molecular flexibility index (Phi) is 9.43. The van der Waals surface area contributed by atoms with Crippen LogP contribution in [0.25, 0.3) is 32.1 Å². The van der Waals surface area contributed by atoms with Gasteiger partial charge in [0.25, 0.3) is 0 Å². The minimum atomic E-state index is -0.871. The number of carbonyl (C=O) groups is 2.